The summed E-state index contributed by atoms with van der Waals surface area (Å²) in [6.45, 7) is 0. The minimum atomic E-state index is 1.34. The van der Waals surface area contributed by atoms with Crippen LogP contribution in [-0.2, 0) is 0 Å². The summed E-state index contributed by atoms with van der Waals surface area (Å²) in [5, 5.41) is 2.75. The van der Waals surface area contributed by atoms with Gasteiger partial charge in [-0.25, -0.2) is 0 Å². The third-order valence-electron chi connectivity index (χ3n) is 3.08. The van der Waals surface area contributed by atoms with Gasteiger partial charge in [-0.2, -0.15) is 0 Å². The minimum Gasteiger partial charge on any atom is -0.0623 e. The van der Waals surface area contributed by atoms with E-state index in [0.717, 1.165) is 0 Å². The third kappa shape index (κ3) is 2.05. The fourth-order valence-electron chi connectivity index (χ4n) is 2.24. The average Bonchev–Trinajstić information content (AvgIpc) is 2.88. The van der Waals surface area contributed by atoms with Crippen LogP contribution in [0.5, 0.6) is 0 Å². The maximum atomic E-state index is 2.18. The molecule has 1 aliphatic carbocycles. The van der Waals surface area contributed by atoms with Gasteiger partial charge in [-0.05, 0) is 21.9 Å². The van der Waals surface area contributed by atoms with E-state index in [1.54, 1.807) is 0 Å². The van der Waals surface area contributed by atoms with E-state index in [4.69, 9.17) is 0 Å². The van der Waals surface area contributed by atoms with Gasteiger partial charge in [-0.3, -0.25) is 0 Å². The Morgan fingerprint density at radius 1 is 0.444 bits per heavy atom. The zero-order valence-corrected chi connectivity index (χ0v) is 10.1. The molecular weight excluding hydrogens is 216 g/mol. The lowest BCUT2D eigenvalue weighted by Gasteiger charge is -1.99. The molecule has 0 aromatic heterocycles. The van der Waals surface area contributed by atoms with E-state index in [9.17, 15) is 0 Å². The lowest BCUT2D eigenvalue weighted by Crippen LogP contribution is -1.76. The van der Waals surface area contributed by atoms with Crippen LogP contribution in [-0.4, -0.2) is 0 Å². The molecule has 0 N–H and O–H groups in total. The van der Waals surface area contributed by atoms with Gasteiger partial charge in [0.1, 0.15) is 0 Å². The Hall–Kier alpha value is -2.34. The second-order valence-corrected chi connectivity index (χ2v) is 4.28. The molecule has 86 valence electrons. The van der Waals surface area contributed by atoms with Gasteiger partial charge in [0, 0.05) is 0 Å². The fourth-order valence-corrected chi connectivity index (χ4v) is 2.24. The Bertz CT molecular complexity index is 611. The summed E-state index contributed by atoms with van der Waals surface area (Å²) >= 11 is 0. The molecule has 18 heavy (non-hydrogen) atoms. The van der Waals surface area contributed by atoms with Crippen LogP contribution in [0.15, 0.2) is 72.8 Å². The fraction of sp³-hybridized carbons (Fsp3) is 0. The number of rotatable bonds is 0. The summed E-state index contributed by atoms with van der Waals surface area (Å²) in [6.07, 6.45) is 4.36. The van der Waals surface area contributed by atoms with Crippen LogP contribution in [0.4, 0.5) is 0 Å². The van der Waals surface area contributed by atoms with Gasteiger partial charge in [0.2, 0.25) is 0 Å². The van der Waals surface area contributed by atoms with Gasteiger partial charge in [0.25, 0.3) is 0 Å². The standard InChI is InChI=1S/C12H8.C6H6/c1-3-9-4-2-6-11-8-7-10(5-1)12(9)11;1-2-4-6-5-3-1/h1-8H;1-6H. The molecule has 4 rings (SSSR count). The van der Waals surface area contributed by atoms with Crippen LogP contribution < -0.4 is 0 Å². The normalized spacial score (nSPS) is 11.1. The number of benzene rings is 3. The molecule has 0 fully saturated rings. The molecule has 3 aromatic carbocycles. The van der Waals surface area contributed by atoms with Crippen LogP contribution >= 0.6 is 0 Å². The lowest BCUT2D eigenvalue weighted by molar-refractivity contribution is 1.72. The van der Waals surface area contributed by atoms with Crippen LogP contribution in [0.1, 0.15) is 11.1 Å². The number of hydrogen-bond donors (Lipinski definition) is 0. The van der Waals surface area contributed by atoms with E-state index in [1.807, 2.05) is 36.4 Å². The van der Waals surface area contributed by atoms with Crippen molar-refractivity contribution in [2.45, 2.75) is 0 Å². The van der Waals surface area contributed by atoms with Crippen molar-refractivity contribution in [1.82, 2.24) is 0 Å². The van der Waals surface area contributed by atoms with Gasteiger partial charge >= 0.3 is 0 Å². The van der Waals surface area contributed by atoms with Gasteiger partial charge in [-0.1, -0.05) is 84.9 Å². The highest BCUT2D eigenvalue weighted by molar-refractivity contribution is 6.04. The van der Waals surface area contributed by atoms with Crippen LogP contribution in [0.3, 0.4) is 0 Å². The molecule has 0 amide bonds. The molecule has 0 saturated heterocycles. The Morgan fingerprint density at radius 2 is 0.889 bits per heavy atom. The molecule has 0 aliphatic heterocycles. The highest BCUT2D eigenvalue weighted by atomic mass is 14.1. The molecule has 1 aliphatic rings. The Kier molecular flexibility index (Phi) is 2.93. The molecule has 0 spiro atoms. The number of hydrogen-bond acceptors (Lipinski definition) is 0. The molecule has 0 atom stereocenters. The van der Waals surface area contributed by atoms with E-state index in [0.29, 0.717) is 0 Å². The molecule has 0 heterocycles. The SMILES string of the molecule is C1=Cc2cccc3cccc1c23.c1ccccc1. The first-order valence-corrected chi connectivity index (χ1v) is 6.15. The summed E-state index contributed by atoms with van der Waals surface area (Å²) in [7, 11) is 0. The molecule has 0 radical (unpaired) electrons. The summed E-state index contributed by atoms with van der Waals surface area (Å²) in [6, 6.07) is 24.9. The smallest absolute Gasteiger partial charge is 0.00389 e. The third-order valence-corrected chi connectivity index (χ3v) is 3.08. The highest BCUT2D eigenvalue weighted by Gasteiger charge is 2.06. The highest BCUT2D eigenvalue weighted by Crippen LogP contribution is 2.30. The first-order chi connectivity index (χ1) is 8.95. The van der Waals surface area contributed by atoms with Crippen molar-refractivity contribution in [3.8, 4) is 0 Å². The van der Waals surface area contributed by atoms with Crippen molar-refractivity contribution in [2.24, 2.45) is 0 Å². The Labute approximate surface area is 107 Å². The molecule has 0 nitrogen and oxygen atoms in total. The Morgan fingerprint density at radius 3 is 1.33 bits per heavy atom. The summed E-state index contributed by atoms with van der Waals surface area (Å²) < 4.78 is 0. The lowest BCUT2D eigenvalue weighted by atomic mass is 10.0. The van der Waals surface area contributed by atoms with Crippen molar-refractivity contribution in [1.29, 1.82) is 0 Å². The predicted octanol–water partition coefficient (Wildman–Crippen LogP) is 5.01. The topological polar surface area (TPSA) is 0 Å². The van der Waals surface area contributed by atoms with E-state index >= 15 is 0 Å². The van der Waals surface area contributed by atoms with Gasteiger partial charge < -0.3 is 0 Å². The van der Waals surface area contributed by atoms with Crippen molar-refractivity contribution in [3.63, 3.8) is 0 Å². The van der Waals surface area contributed by atoms with Crippen molar-refractivity contribution in [2.75, 3.05) is 0 Å². The largest absolute Gasteiger partial charge is 0.0623 e. The van der Waals surface area contributed by atoms with Gasteiger partial charge in [-0.15, -0.1) is 0 Å². The second kappa shape index (κ2) is 4.89. The van der Waals surface area contributed by atoms with Crippen LogP contribution in [0.2, 0.25) is 0 Å². The van der Waals surface area contributed by atoms with E-state index in [2.05, 4.69) is 48.6 Å². The zero-order chi connectivity index (χ0) is 12.2. The molecular formula is C18H14. The van der Waals surface area contributed by atoms with Crippen molar-refractivity contribution in [3.05, 3.63) is 83.9 Å². The van der Waals surface area contributed by atoms with Crippen molar-refractivity contribution >= 4 is 22.9 Å². The quantitative estimate of drug-likeness (QED) is 0.398. The molecule has 0 heteroatoms. The van der Waals surface area contributed by atoms with Gasteiger partial charge in [0.15, 0.2) is 0 Å². The Balaban J connectivity index is 0.000000142. The summed E-state index contributed by atoms with van der Waals surface area (Å²) in [5.41, 5.74) is 2.70. The second-order valence-electron chi connectivity index (χ2n) is 4.28. The summed E-state index contributed by atoms with van der Waals surface area (Å²) in [4.78, 5) is 0. The minimum absolute atomic E-state index is 1.34. The first-order valence-electron chi connectivity index (χ1n) is 6.15. The van der Waals surface area contributed by atoms with E-state index < -0.39 is 0 Å². The van der Waals surface area contributed by atoms with Crippen molar-refractivity contribution < 1.29 is 0 Å². The van der Waals surface area contributed by atoms with E-state index in [-0.39, 0.29) is 0 Å². The predicted molar refractivity (Wildman–Crippen MR) is 79.3 cm³/mol. The first kappa shape index (κ1) is 10.8. The molecule has 3 aromatic rings. The molecule has 0 saturated carbocycles. The van der Waals surface area contributed by atoms with Gasteiger partial charge in [0.05, 0.1) is 0 Å². The maximum Gasteiger partial charge on any atom is -0.00389 e. The van der Waals surface area contributed by atoms with Crippen LogP contribution in [0.25, 0.3) is 22.9 Å². The average molecular weight is 230 g/mol. The van der Waals surface area contributed by atoms with Crippen LogP contribution in [0, 0.1) is 0 Å². The monoisotopic (exact) mass is 230 g/mol. The molecule has 0 unspecified atom stereocenters. The summed E-state index contributed by atoms with van der Waals surface area (Å²) in [5.74, 6) is 0. The van der Waals surface area contributed by atoms with E-state index in [1.165, 1.54) is 21.9 Å². The zero-order valence-electron chi connectivity index (χ0n) is 10.1. The maximum absolute atomic E-state index is 2.18. The molecule has 0 bridgehead atoms.